The molecule has 5 aromatic rings. The number of nitrogens with zero attached hydrogens (tertiary/aromatic N) is 4. The van der Waals surface area contributed by atoms with Gasteiger partial charge in [-0.2, -0.15) is 5.10 Å². The van der Waals surface area contributed by atoms with E-state index in [-0.39, 0.29) is 0 Å². The monoisotopic (exact) mass is 350 g/mol. The van der Waals surface area contributed by atoms with E-state index in [0.29, 0.717) is 0 Å². The van der Waals surface area contributed by atoms with E-state index in [2.05, 4.69) is 70.1 Å². The molecule has 0 spiro atoms. The summed E-state index contributed by atoms with van der Waals surface area (Å²) in [5, 5.41) is 4.53. The highest BCUT2D eigenvalue weighted by molar-refractivity contribution is 5.68. The minimum Gasteiger partial charge on any atom is -0.299 e. The van der Waals surface area contributed by atoms with Gasteiger partial charge in [0.15, 0.2) is 0 Å². The Bertz CT molecular complexity index is 1210. The van der Waals surface area contributed by atoms with E-state index in [9.17, 15) is 0 Å². The summed E-state index contributed by atoms with van der Waals surface area (Å²) in [6.45, 7) is 2.09. The number of fused-ring (bicyclic) bond motifs is 1. The number of rotatable bonds is 3. The van der Waals surface area contributed by atoms with Gasteiger partial charge in [0.25, 0.3) is 0 Å². The van der Waals surface area contributed by atoms with Gasteiger partial charge < -0.3 is 0 Å². The minimum atomic E-state index is 0.930. The second-order valence-electron chi connectivity index (χ2n) is 6.62. The third-order valence-electron chi connectivity index (χ3n) is 4.79. The Morgan fingerprint density at radius 3 is 2.37 bits per heavy atom. The Balaban J connectivity index is 1.65. The summed E-state index contributed by atoms with van der Waals surface area (Å²) in [6.07, 6.45) is 5.89. The van der Waals surface area contributed by atoms with Crippen LogP contribution in [0.1, 0.15) is 5.56 Å². The van der Waals surface area contributed by atoms with Gasteiger partial charge in [0, 0.05) is 17.3 Å². The van der Waals surface area contributed by atoms with E-state index < -0.39 is 0 Å². The molecule has 4 nitrogen and oxygen atoms in total. The Labute approximate surface area is 157 Å². The van der Waals surface area contributed by atoms with Crippen molar-refractivity contribution in [3.8, 4) is 28.2 Å². The molecule has 0 bridgehead atoms. The molecule has 0 atom stereocenters. The largest absolute Gasteiger partial charge is 0.299 e. The summed E-state index contributed by atoms with van der Waals surface area (Å²) >= 11 is 0. The Morgan fingerprint density at radius 1 is 0.741 bits per heavy atom. The fourth-order valence-electron chi connectivity index (χ4n) is 3.37. The van der Waals surface area contributed by atoms with Gasteiger partial charge in [-0.1, -0.05) is 48.0 Å². The quantitative estimate of drug-likeness (QED) is 0.450. The lowest BCUT2D eigenvalue weighted by Crippen LogP contribution is -1.99. The van der Waals surface area contributed by atoms with Crippen LogP contribution in [-0.2, 0) is 0 Å². The van der Waals surface area contributed by atoms with E-state index in [4.69, 9.17) is 0 Å². The fourth-order valence-corrected chi connectivity index (χ4v) is 3.37. The number of imidazole rings is 1. The van der Waals surface area contributed by atoms with Gasteiger partial charge in [-0.3, -0.25) is 4.40 Å². The van der Waals surface area contributed by atoms with Crippen LogP contribution in [0.2, 0.25) is 0 Å². The maximum Gasteiger partial charge on any atom is 0.137 e. The van der Waals surface area contributed by atoms with Crippen molar-refractivity contribution in [2.24, 2.45) is 0 Å². The van der Waals surface area contributed by atoms with Crippen LogP contribution in [0.3, 0.4) is 0 Å². The van der Waals surface area contributed by atoms with Crippen molar-refractivity contribution in [3.05, 3.63) is 97.0 Å². The molecule has 0 amide bonds. The average Bonchev–Trinajstić information content (AvgIpc) is 3.36. The Hall–Kier alpha value is -3.66. The first kappa shape index (κ1) is 15.6. The lowest BCUT2D eigenvalue weighted by Gasteiger charge is -2.09. The van der Waals surface area contributed by atoms with Gasteiger partial charge in [0.1, 0.15) is 5.65 Å². The van der Waals surface area contributed by atoms with Crippen LogP contribution >= 0.6 is 0 Å². The molecule has 4 heteroatoms. The highest BCUT2D eigenvalue weighted by Crippen LogP contribution is 2.26. The van der Waals surface area contributed by atoms with Crippen molar-refractivity contribution >= 4 is 5.65 Å². The zero-order valence-corrected chi connectivity index (χ0v) is 14.9. The number of benzene rings is 2. The van der Waals surface area contributed by atoms with Gasteiger partial charge in [0.2, 0.25) is 0 Å². The molecule has 0 aliphatic carbocycles. The average molecular weight is 350 g/mol. The van der Waals surface area contributed by atoms with Gasteiger partial charge in [-0.15, -0.1) is 0 Å². The lowest BCUT2D eigenvalue weighted by molar-refractivity contribution is 0.886. The summed E-state index contributed by atoms with van der Waals surface area (Å²) < 4.78 is 4.11. The molecule has 0 saturated carbocycles. The van der Waals surface area contributed by atoms with Crippen LogP contribution in [0, 0.1) is 6.92 Å². The zero-order valence-electron chi connectivity index (χ0n) is 14.9. The Kier molecular flexibility index (Phi) is 3.61. The van der Waals surface area contributed by atoms with Gasteiger partial charge >= 0.3 is 0 Å². The standard InChI is InChI=1S/C23H18N4/c1-17-7-10-20(11-8-17)27-21(13-14-25-27)19-9-12-23-24-15-22(26(23)16-19)18-5-3-2-4-6-18/h2-16H,1H3. The normalized spacial score (nSPS) is 11.1. The van der Waals surface area contributed by atoms with Crippen molar-refractivity contribution in [2.45, 2.75) is 6.92 Å². The van der Waals surface area contributed by atoms with Crippen LogP contribution in [0.15, 0.2) is 91.4 Å². The van der Waals surface area contributed by atoms with Gasteiger partial charge in [-0.25, -0.2) is 9.67 Å². The number of hydrogen-bond acceptors (Lipinski definition) is 2. The summed E-state index contributed by atoms with van der Waals surface area (Å²) in [6, 6.07) is 24.9. The van der Waals surface area contributed by atoms with Crippen molar-refractivity contribution in [1.29, 1.82) is 0 Å². The molecule has 0 unspecified atom stereocenters. The topological polar surface area (TPSA) is 35.1 Å². The van der Waals surface area contributed by atoms with Crippen molar-refractivity contribution in [2.75, 3.05) is 0 Å². The molecule has 0 aliphatic rings. The summed E-state index contributed by atoms with van der Waals surface area (Å²) in [5.41, 5.74) is 7.58. The third-order valence-corrected chi connectivity index (χ3v) is 4.79. The molecule has 0 fully saturated rings. The molecule has 27 heavy (non-hydrogen) atoms. The van der Waals surface area contributed by atoms with Crippen LogP contribution < -0.4 is 0 Å². The predicted molar refractivity (Wildman–Crippen MR) is 108 cm³/mol. The second-order valence-corrected chi connectivity index (χ2v) is 6.62. The summed E-state index contributed by atoms with van der Waals surface area (Å²) in [4.78, 5) is 4.55. The number of aryl methyl sites for hydroxylation is 1. The van der Waals surface area contributed by atoms with E-state index in [1.807, 2.05) is 47.4 Å². The predicted octanol–water partition coefficient (Wildman–Crippen LogP) is 5.16. The van der Waals surface area contributed by atoms with Crippen molar-refractivity contribution < 1.29 is 0 Å². The summed E-state index contributed by atoms with van der Waals surface area (Å²) in [7, 11) is 0. The molecule has 130 valence electrons. The maximum absolute atomic E-state index is 4.55. The van der Waals surface area contributed by atoms with Crippen LogP contribution in [0.4, 0.5) is 0 Å². The smallest absolute Gasteiger partial charge is 0.137 e. The Morgan fingerprint density at radius 2 is 1.56 bits per heavy atom. The first-order valence-electron chi connectivity index (χ1n) is 8.93. The minimum absolute atomic E-state index is 0.930. The molecule has 2 aromatic carbocycles. The molecule has 0 radical (unpaired) electrons. The molecule has 3 aromatic heterocycles. The molecular weight excluding hydrogens is 332 g/mol. The highest BCUT2D eigenvalue weighted by Gasteiger charge is 2.11. The number of hydrogen-bond donors (Lipinski definition) is 0. The lowest BCUT2D eigenvalue weighted by atomic mass is 10.1. The molecule has 5 rings (SSSR count). The van der Waals surface area contributed by atoms with Crippen molar-refractivity contribution in [3.63, 3.8) is 0 Å². The molecule has 0 saturated heterocycles. The van der Waals surface area contributed by atoms with E-state index in [0.717, 1.165) is 33.8 Å². The first-order valence-corrected chi connectivity index (χ1v) is 8.93. The fraction of sp³-hybridized carbons (Fsp3) is 0.0435. The number of pyridine rings is 1. The van der Waals surface area contributed by atoms with Crippen molar-refractivity contribution in [1.82, 2.24) is 19.2 Å². The molecular formula is C23H18N4. The van der Waals surface area contributed by atoms with E-state index in [1.54, 1.807) is 0 Å². The van der Waals surface area contributed by atoms with Gasteiger partial charge in [0.05, 0.1) is 29.5 Å². The SMILES string of the molecule is Cc1ccc(-n2nccc2-c2ccc3ncc(-c4ccccc4)n3c2)cc1. The van der Waals surface area contributed by atoms with Crippen LogP contribution in [0.25, 0.3) is 33.8 Å². The third kappa shape index (κ3) is 2.72. The number of aromatic nitrogens is 4. The van der Waals surface area contributed by atoms with Crippen LogP contribution in [-0.4, -0.2) is 19.2 Å². The van der Waals surface area contributed by atoms with Crippen LogP contribution in [0.5, 0.6) is 0 Å². The van der Waals surface area contributed by atoms with E-state index in [1.165, 1.54) is 5.56 Å². The molecule has 0 N–H and O–H groups in total. The molecule has 0 aliphatic heterocycles. The first-order chi connectivity index (χ1) is 13.3. The second kappa shape index (κ2) is 6.25. The highest BCUT2D eigenvalue weighted by atomic mass is 15.3. The zero-order chi connectivity index (χ0) is 18.2. The maximum atomic E-state index is 4.55. The van der Waals surface area contributed by atoms with Gasteiger partial charge in [-0.05, 0) is 37.3 Å². The van der Waals surface area contributed by atoms with E-state index >= 15 is 0 Å². The molecule has 3 heterocycles. The summed E-state index contributed by atoms with van der Waals surface area (Å²) in [5.74, 6) is 0.